The number of fused-ring (bicyclic) bond motifs is 1. The number of nitrogens with two attached hydrogens (primary N) is 1. The molecular formula is C13H20N4O. The highest BCUT2D eigenvalue weighted by atomic mass is 16.1. The van der Waals surface area contributed by atoms with Crippen molar-refractivity contribution >= 4 is 11.0 Å². The average Bonchev–Trinajstić information content (AvgIpc) is 2.53. The number of imidazole rings is 1. The second-order valence-electron chi connectivity index (χ2n) is 5.02. The first-order chi connectivity index (χ1) is 8.41. The van der Waals surface area contributed by atoms with Gasteiger partial charge in [-0.3, -0.25) is 9.13 Å². The van der Waals surface area contributed by atoms with Crippen LogP contribution in [-0.2, 0) is 14.1 Å². The molecule has 2 aromatic rings. The van der Waals surface area contributed by atoms with Gasteiger partial charge < -0.3 is 10.6 Å². The first-order valence-electron chi connectivity index (χ1n) is 5.97. The Hall–Kier alpha value is -1.59. The van der Waals surface area contributed by atoms with Crippen molar-refractivity contribution in [1.29, 1.82) is 0 Å². The molecule has 0 aliphatic rings. The van der Waals surface area contributed by atoms with Gasteiger partial charge in [0.25, 0.3) is 0 Å². The van der Waals surface area contributed by atoms with Crippen LogP contribution in [0, 0.1) is 0 Å². The fourth-order valence-electron chi connectivity index (χ4n) is 2.25. The molecule has 0 bridgehead atoms. The lowest BCUT2D eigenvalue weighted by Crippen LogP contribution is -2.25. The van der Waals surface area contributed by atoms with Crippen LogP contribution in [0.4, 0.5) is 0 Å². The topological polar surface area (TPSA) is 56.2 Å². The van der Waals surface area contributed by atoms with Crippen LogP contribution in [0.3, 0.4) is 0 Å². The van der Waals surface area contributed by atoms with Gasteiger partial charge in [-0.1, -0.05) is 6.07 Å². The van der Waals surface area contributed by atoms with E-state index in [1.165, 1.54) is 0 Å². The molecule has 1 heterocycles. The van der Waals surface area contributed by atoms with E-state index < -0.39 is 0 Å². The number of hydrogen-bond donors (Lipinski definition) is 1. The lowest BCUT2D eigenvalue weighted by atomic mass is 10.1. The van der Waals surface area contributed by atoms with E-state index in [2.05, 4.69) is 4.90 Å². The minimum Gasteiger partial charge on any atom is -0.323 e. The number of benzene rings is 1. The molecule has 98 valence electrons. The monoisotopic (exact) mass is 248 g/mol. The Bertz CT molecular complexity index is 624. The van der Waals surface area contributed by atoms with Crippen molar-refractivity contribution in [3.63, 3.8) is 0 Å². The van der Waals surface area contributed by atoms with Crippen LogP contribution in [0.15, 0.2) is 23.0 Å². The molecule has 1 aromatic carbocycles. The lowest BCUT2D eigenvalue weighted by molar-refractivity contribution is 0.377. The maximum atomic E-state index is 11.8. The summed E-state index contributed by atoms with van der Waals surface area (Å²) in [6.07, 6.45) is 0. The van der Waals surface area contributed by atoms with Crippen LogP contribution in [-0.4, -0.2) is 34.7 Å². The van der Waals surface area contributed by atoms with Crippen molar-refractivity contribution in [1.82, 2.24) is 14.0 Å². The Morgan fingerprint density at radius 3 is 2.44 bits per heavy atom. The predicted octanol–water partition coefficient (Wildman–Crippen LogP) is 0.438. The molecule has 0 fully saturated rings. The van der Waals surface area contributed by atoms with Crippen molar-refractivity contribution in [2.75, 3.05) is 20.6 Å². The number of hydrogen-bond acceptors (Lipinski definition) is 3. The molecular weight excluding hydrogens is 228 g/mol. The van der Waals surface area contributed by atoms with E-state index in [-0.39, 0.29) is 11.7 Å². The lowest BCUT2D eigenvalue weighted by Gasteiger charge is -2.17. The third-order valence-corrected chi connectivity index (χ3v) is 3.29. The largest absolute Gasteiger partial charge is 0.328 e. The zero-order valence-electron chi connectivity index (χ0n) is 11.3. The molecule has 5 heteroatoms. The van der Waals surface area contributed by atoms with Gasteiger partial charge in [-0.05, 0) is 31.8 Å². The first kappa shape index (κ1) is 12.9. The SMILES string of the molecule is CN(C)CC(N)c1ccc2c(c1)n(C)c(=O)n2C. The van der Waals surface area contributed by atoms with Crippen molar-refractivity contribution in [2.45, 2.75) is 6.04 Å². The average molecular weight is 248 g/mol. The van der Waals surface area contributed by atoms with Gasteiger partial charge in [0.05, 0.1) is 11.0 Å². The number of rotatable bonds is 3. The molecule has 0 spiro atoms. The van der Waals surface area contributed by atoms with Crippen LogP contribution in [0.5, 0.6) is 0 Å². The molecule has 0 saturated heterocycles. The number of aryl methyl sites for hydroxylation is 2. The standard InChI is InChI=1S/C13H20N4O/c1-15(2)8-10(14)9-5-6-11-12(7-9)17(4)13(18)16(11)3/h5-7,10H,8,14H2,1-4H3. The quantitative estimate of drug-likeness (QED) is 0.857. The van der Waals surface area contributed by atoms with Crippen LogP contribution < -0.4 is 11.4 Å². The first-order valence-corrected chi connectivity index (χ1v) is 5.97. The molecule has 1 atom stereocenters. The summed E-state index contributed by atoms with van der Waals surface area (Å²) < 4.78 is 3.30. The van der Waals surface area contributed by atoms with E-state index in [9.17, 15) is 4.79 Å². The summed E-state index contributed by atoms with van der Waals surface area (Å²) in [6, 6.07) is 5.92. The molecule has 0 saturated carbocycles. The van der Waals surface area contributed by atoms with Crippen molar-refractivity contribution < 1.29 is 0 Å². The van der Waals surface area contributed by atoms with E-state index in [0.717, 1.165) is 23.1 Å². The fraction of sp³-hybridized carbons (Fsp3) is 0.462. The van der Waals surface area contributed by atoms with Gasteiger partial charge in [-0.2, -0.15) is 0 Å². The van der Waals surface area contributed by atoms with Crippen molar-refractivity contribution in [3.05, 3.63) is 34.2 Å². The Balaban J connectivity index is 2.51. The summed E-state index contributed by atoms with van der Waals surface area (Å²) in [5.74, 6) is 0. The minimum absolute atomic E-state index is 0.0108. The fourth-order valence-corrected chi connectivity index (χ4v) is 2.25. The Morgan fingerprint density at radius 2 is 1.83 bits per heavy atom. The van der Waals surface area contributed by atoms with Crippen LogP contribution in [0.2, 0.25) is 0 Å². The van der Waals surface area contributed by atoms with Crippen LogP contribution >= 0.6 is 0 Å². The summed E-state index contributed by atoms with van der Waals surface area (Å²) in [7, 11) is 7.56. The molecule has 1 unspecified atom stereocenters. The van der Waals surface area contributed by atoms with E-state index in [1.54, 1.807) is 23.2 Å². The maximum absolute atomic E-state index is 11.8. The molecule has 18 heavy (non-hydrogen) atoms. The Morgan fingerprint density at radius 1 is 1.22 bits per heavy atom. The second kappa shape index (κ2) is 4.59. The summed E-state index contributed by atoms with van der Waals surface area (Å²) in [4.78, 5) is 13.9. The Kier molecular flexibility index (Phi) is 3.28. The highest BCUT2D eigenvalue weighted by molar-refractivity contribution is 5.77. The second-order valence-corrected chi connectivity index (χ2v) is 5.02. The van der Waals surface area contributed by atoms with Crippen LogP contribution in [0.25, 0.3) is 11.0 Å². The minimum atomic E-state index is -0.0419. The van der Waals surface area contributed by atoms with Gasteiger partial charge in [0.1, 0.15) is 0 Å². The molecule has 0 aliphatic heterocycles. The zero-order chi connectivity index (χ0) is 13.4. The summed E-state index contributed by atoms with van der Waals surface area (Å²) in [5, 5.41) is 0. The normalized spacial score (nSPS) is 13.4. The summed E-state index contributed by atoms with van der Waals surface area (Å²) in [6.45, 7) is 0.784. The van der Waals surface area contributed by atoms with E-state index in [1.807, 2.05) is 32.3 Å². The zero-order valence-corrected chi connectivity index (χ0v) is 11.3. The van der Waals surface area contributed by atoms with Crippen LogP contribution in [0.1, 0.15) is 11.6 Å². The number of aromatic nitrogens is 2. The molecule has 0 aliphatic carbocycles. The molecule has 5 nitrogen and oxygen atoms in total. The maximum Gasteiger partial charge on any atom is 0.328 e. The van der Waals surface area contributed by atoms with Gasteiger partial charge in [0, 0.05) is 26.7 Å². The predicted molar refractivity (Wildman–Crippen MR) is 73.6 cm³/mol. The van der Waals surface area contributed by atoms with Gasteiger partial charge in [-0.25, -0.2) is 4.79 Å². The van der Waals surface area contributed by atoms with Gasteiger partial charge in [0.15, 0.2) is 0 Å². The third-order valence-electron chi connectivity index (χ3n) is 3.29. The third kappa shape index (κ3) is 2.07. The summed E-state index contributed by atoms with van der Waals surface area (Å²) >= 11 is 0. The number of nitrogens with zero attached hydrogens (tertiary/aromatic N) is 3. The molecule has 2 rings (SSSR count). The van der Waals surface area contributed by atoms with E-state index in [0.29, 0.717) is 0 Å². The van der Waals surface area contributed by atoms with Gasteiger partial charge in [0.2, 0.25) is 0 Å². The Labute approximate surface area is 106 Å². The highest BCUT2D eigenvalue weighted by Gasteiger charge is 2.12. The molecule has 0 radical (unpaired) electrons. The van der Waals surface area contributed by atoms with Gasteiger partial charge >= 0.3 is 5.69 Å². The molecule has 2 N–H and O–H groups in total. The number of likely N-dealkylation sites (N-methyl/N-ethyl adjacent to an activating group) is 1. The van der Waals surface area contributed by atoms with E-state index >= 15 is 0 Å². The molecule has 0 amide bonds. The van der Waals surface area contributed by atoms with Crippen molar-refractivity contribution in [2.24, 2.45) is 19.8 Å². The highest BCUT2D eigenvalue weighted by Crippen LogP contribution is 2.18. The van der Waals surface area contributed by atoms with Crippen molar-refractivity contribution in [3.8, 4) is 0 Å². The summed E-state index contributed by atoms with van der Waals surface area (Å²) in [5.41, 5.74) is 9.05. The van der Waals surface area contributed by atoms with Gasteiger partial charge in [-0.15, -0.1) is 0 Å². The van der Waals surface area contributed by atoms with E-state index in [4.69, 9.17) is 5.73 Å². The molecule has 1 aromatic heterocycles. The smallest absolute Gasteiger partial charge is 0.323 e.